The van der Waals surface area contributed by atoms with Crippen LogP contribution in [0.5, 0.6) is 5.75 Å². The second-order valence-corrected chi connectivity index (χ2v) is 8.43. The molecule has 0 aliphatic rings. The van der Waals surface area contributed by atoms with Crippen LogP contribution < -0.4 is 10.5 Å². The lowest BCUT2D eigenvalue weighted by Gasteiger charge is -2.26. The highest BCUT2D eigenvalue weighted by Crippen LogP contribution is 2.37. The van der Waals surface area contributed by atoms with Crippen molar-refractivity contribution in [2.24, 2.45) is 5.73 Å². The molecule has 0 radical (unpaired) electrons. The Morgan fingerprint density at radius 3 is 2.26 bits per heavy atom. The summed E-state index contributed by atoms with van der Waals surface area (Å²) in [6.07, 6.45) is -8.55. The maximum absolute atomic E-state index is 13.6. The van der Waals surface area contributed by atoms with Gasteiger partial charge in [-0.25, -0.2) is 0 Å². The predicted octanol–water partition coefficient (Wildman–Crippen LogP) is 5.05. The quantitative estimate of drug-likeness (QED) is 0.236. The van der Waals surface area contributed by atoms with E-state index in [-0.39, 0.29) is 44.6 Å². The van der Waals surface area contributed by atoms with Crippen molar-refractivity contribution >= 4 is 8.69 Å². The van der Waals surface area contributed by atoms with Crippen LogP contribution in [0, 0.1) is 0 Å². The molecule has 0 amide bonds. The summed E-state index contributed by atoms with van der Waals surface area (Å²) < 4.78 is 99.7. The zero-order valence-electron chi connectivity index (χ0n) is 18.1. The van der Waals surface area contributed by atoms with Gasteiger partial charge in [0.25, 0.3) is 0 Å². The minimum atomic E-state index is -4.70. The van der Waals surface area contributed by atoms with Crippen molar-refractivity contribution in [2.75, 3.05) is 19.8 Å². The Kier molecular flexibility index (Phi) is 9.99. The van der Waals surface area contributed by atoms with Gasteiger partial charge in [-0.1, -0.05) is 24.3 Å². The van der Waals surface area contributed by atoms with E-state index in [2.05, 4.69) is 0 Å². The molecule has 0 saturated carbocycles. The number of aliphatic hydroxyl groups is 1. The van der Waals surface area contributed by atoms with E-state index in [9.17, 15) is 36.0 Å². The minimum absolute atomic E-state index is 0.0947. The molecule has 0 spiro atoms. The summed E-state index contributed by atoms with van der Waals surface area (Å²) in [7, 11) is -1.53. The van der Waals surface area contributed by atoms with Crippen molar-refractivity contribution in [3.05, 3.63) is 64.7 Å². The number of rotatable bonds is 12. The van der Waals surface area contributed by atoms with E-state index in [4.69, 9.17) is 15.0 Å². The topological polar surface area (TPSA) is 81.8 Å². The fraction of sp³-hybridized carbons (Fsp3) is 0.455. The summed E-state index contributed by atoms with van der Waals surface area (Å²) in [5.74, 6) is -0.389. The summed E-state index contributed by atoms with van der Waals surface area (Å²) in [5.41, 5.74) is 3.63. The average molecular weight is 513 g/mol. The van der Waals surface area contributed by atoms with Crippen molar-refractivity contribution in [3.8, 4) is 5.75 Å². The smallest absolute Gasteiger partial charge is 0.419 e. The number of hydrogen-bond acceptors (Lipinski definition) is 5. The summed E-state index contributed by atoms with van der Waals surface area (Å²) in [6, 6.07) is 8.29. The van der Waals surface area contributed by atoms with Crippen LogP contribution in [0.25, 0.3) is 0 Å². The monoisotopic (exact) mass is 513 g/mol. The van der Waals surface area contributed by atoms with Gasteiger partial charge in [0.05, 0.1) is 36.5 Å². The molecule has 2 rings (SSSR count). The van der Waals surface area contributed by atoms with Gasteiger partial charge in [0.1, 0.15) is 5.75 Å². The van der Waals surface area contributed by atoms with Crippen LogP contribution in [0.15, 0.2) is 42.5 Å². The number of benzene rings is 2. The van der Waals surface area contributed by atoms with Gasteiger partial charge in [0.2, 0.25) is 0 Å². The lowest BCUT2D eigenvalue weighted by molar-refractivity contribution is -0.139. The number of aryl methyl sites for hydroxylation is 2. The molecule has 0 heterocycles. The lowest BCUT2D eigenvalue weighted by atomic mass is 9.93. The minimum Gasteiger partial charge on any atom is -0.493 e. The van der Waals surface area contributed by atoms with Crippen LogP contribution >= 0.6 is 8.69 Å². The molecule has 2 unspecified atom stereocenters. The summed E-state index contributed by atoms with van der Waals surface area (Å²) in [5, 5.41) is 9.42. The van der Waals surface area contributed by atoms with Crippen LogP contribution in [0.2, 0.25) is 0 Å². The van der Waals surface area contributed by atoms with E-state index in [1.165, 1.54) is 24.3 Å². The summed E-state index contributed by atoms with van der Waals surface area (Å²) in [6.45, 7) is -0.808. The predicted molar refractivity (Wildman–Crippen MR) is 115 cm³/mol. The van der Waals surface area contributed by atoms with E-state index < -0.39 is 44.3 Å². The zero-order chi connectivity index (χ0) is 25.4. The molecule has 0 saturated heterocycles. The van der Waals surface area contributed by atoms with Gasteiger partial charge in [-0.3, -0.25) is 4.57 Å². The van der Waals surface area contributed by atoms with Gasteiger partial charge < -0.3 is 20.1 Å². The zero-order valence-corrected chi connectivity index (χ0v) is 19.2. The van der Waals surface area contributed by atoms with Crippen LogP contribution in [0.3, 0.4) is 0 Å². The van der Waals surface area contributed by atoms with E-state index in [1.807, 2.05) is 0 Å². The van der Waals surface area contributed by atoms with E-state index in [0.717, 1.165) is 18.2 Å². The molecule has 5 nitrogen and oxygen atoms in total. The highest BCUT2D eigenvalue weighted by molar-refractivity contribution is 7.17. The number of nitrogens with two attached hydrogens (primary N) is 1. The molecule has 0 bridgehead atoms. The molecule has 3 N–H and O–H groups in total. The standard InChI is InChI=1S/C22H26F6NO4P/c23-21(24,25)17-5-1-3-15(11-17)4-2-10-32-19-7-6-16(12-18(19)22(26,27)28)8-9-20(29,13-30)14-33-34-31/h1,3,5-7,11-12,30H,2,4,8-10,13-14,29,34H2. The van der Waals surface area contributed by atoms with E-state index in [1.54, 1.807) is 0 Å². The maximum Gasteiger partial charge on any atom is 0.419 e. The molecule has 2 atom stereocenters. The summed E-state index contributed by atoms with van der Waals surface area (Å²) >= 11 is 0. The van der Waals surface area contributed by atoms with E-state index in [0.29, 0.717) is 11.1 Å². The fourth-order valence-electron chi connectivity index (χ4n) is 3.23. The molecular formula is C22H26F6NO4P. The van der Waals surface area contributed by atoms with Gasteiger partial charge in [0, 0.05) is 0 Å². The third-order valence-electron chi connectivity index (χ3n) is 5.14. The Labute approximate surface area is 194 Å². The first-order valence-corrected chi connectivity index (χ1v) is 11.3. The first-order valence-electron chi connectivity index (χ1n) is 10.3. The molecule has 190 valence electrons. The molecule has 0 aromatic heterocycles. The summed E-state index contributed by atoms with van der Waals surface area (Å²) in [4.78, 5) is 0. The van der Waals surface area contributed by atoms with Crippen LogP contribution in [0.1, 0.15) is 35.1 Å². The number of hydrogen-bond donors (Lipinski definition) is 2. The third-order valence-corrected chi connectivity index (χ3v) is 5.44. The van der Waals surface area contributed by atoms with Crippen molar-refractivity contribution in [1.29, 1.82) is 0 Å². The Hall–Kier alpha value is -2.07. The number of ether oxygens (including phenoxy) is 1. The number of alkyl halides is 6. The molecular weight excluding hydrogens is 487 g/mol. The lowest BCUT2D eigenvalue weighted by Crippen LogP contribution is -2.47. The Morgan fingerprint density at radius 1 is 0.941 bits per heavy atom. The van der Waals surface area contributed by atoms with Crippen molar-refractivity contribution in [3.63, 3.8) is 0 Å². The Balaban J connectivity index is 2.02. The van der Waals surface area contributed by atoms with E-state index >= 15 is 0 Å². The molecule has 2 aromatic carbocycles. The van der Waals surface area contributed by atoms with Crippen molar-refractivity contribution in [2.45, 2.75) is 43.6 Å². The molecule has 12 heteroatoms. The first-order chi connectivity index (χ1) is 15.9. The van der Waals surface area contributed by atoms with Gasteiger partial charge >= 0.3 is 12.4 Å². The molecule has 0 aliphatic heterocycles. The average Bonchev–Trinajstić information content (AvgIpc) is 2.78. The molecule has 0 fully saturated rings. The maximum atomic E-state index is 13.6. The van der Waals surface area contributed by atoms with Gasteiger partial charge in [0.15, 0.2) is 8.69 Å². The van der Waals surface area contributed by atoms with Crippen LogP contribution in [0.4, 0.5) is 26.3 Å². The first kappa shape index (κ1) is 28.2. The SMILES string of the molecule is NC(CO)(CCc1ccc(OCCCc2cccc(C(F)(F)F)c2)c(C(F)(F)F)c1)CO[PH2]=O. The molecule has 34 heavy (non-hydrogen) atoms. The second-order valence-electron chi connectivity index (χ2n) is 7.91. The normalized spacial score (nSPS) is 14.5. The second kappa shape index (κ2) is 12.1. The largest absolute Gasteiger partial charge is 0.493 e. The molecule has 0 aliphatic carbocycles. The van der Waals surface area contributed by atoms with Gasteiger partial charge in [-0.15, -0.1) is 0 Å². The highest BCUT2D eigenvalue weighted by Gasteiger charge is 2.35. The third kappa shape index (κ3) is 8.61. The molecule has 2 aromatic rings. The van der Waals surface area contributed by atoms with Crippen molar-refractivity contribution < 1.29 is 45.3 Å². The highest BCUT2D eigenvalue weighted by atomic mass is 31.1. The van der Waals surface area contributed by atoms with Gasteiger partial charge in [-0.2, -0.15) is 26.3 Å². The fourth-order valence-corrected chi connectivity index (χ4v) is 3.63. The van der Waals surface area contributed by atoms with Crippen LogP contribution in [-0.2, 0) is 34.3 Å². The Bertz CT molecular complexity index is 954. The number of aliphatic hydroxyl groups excluding tert-OH is 1. The van der Waals surface area contributed by atoms with Crippen molar-refractivity contribution in [1.82, 2.24) is 0 Å². The van der Waals surface area contributed by atoms with Crippen LogP contribution in [-0.4, -0.2) is 30.5 Å². The van der Waals surface area contributed by atoms with Gasteiger partial charge in [-0.05, 0) is 55.0 Å². The Morgan fingerprint density at radius 2 is 1.65 bits per heavy atom. The number of halogens is 6.